The molecule has 0 saturated heterocycles. The molecule has 1 aromatic rings. The molecular weight excluding hydrogens is 242 g/mol. The van der Waals surface area contributed by atoms with E-state index in [4.69, 9.17) is 0 Å². The summed E-state index contributed by atoms with van der Waals surface area (Å²) in [5.41, 5.74) is 0.827. The zero-order valence-electron chi connectivity index (χ0n) is 11.3. The molecule has 0 aromatic heterocycles. The summed E-state index contributed by atoms with van der Waals surface area (Å²) in [7, 11) is 0. The Morgan fingerprint density at radius 3 is 2.58 bits per heavy atom. The fraction of sp³-hybridized carbons (Fsp3) is 0.600. The second-order valence-electron chi connectivity index (χ2n) is 5.51. The van der Waals surface area contributed by atoms with E-state index in [1.807, 2.05) is 6.07 Å². The molecule has 104 valence electrons. The summed E-state index contributed by atoms with van der Waals surface area (Å²) in [6.07, 6.45) is 7.17. The first-order chi connectivity index (χ1) is 9.11. The number of hydrogen-bond acceptors (Lipinski definition) is 3. The van der Waals surface area contributed by atoms with Crippen molar-refractivity contribution in [3.8, 4) is 5.75 Å². The average Bonchev–Trinajstić information content (AvgIpc) is 2.40. The van der Waals surface area contributed by atoms with Crippen LogP contribution in [-0.4, -0.2) is 10.0 Å². The van der Waals surface area contributed by atoms with E-state index < -0.39 is 4.92 Å². The Hall–Kier alpha value is -1.58. The van der Waals surface area contributed by atoms with Crippen molar-refractivity contribution in [2.24, 2.45) is 5.92 Å². The van der Waals surface area contributed by atoms with Gasteiger partial charge in [0.1, 0.15) is 0 Å². The first-order valence-corrected chi connectivity index (χ1v) is 7.09. The van der Waals surface area contributed by atoms with Gasteiger partial charge in [0.05, 0.1) is 4.92 Å². The van der Waals surface area contributed by atoms with Gasteiger partial charge in [-0.3, -0.25) is 10.1 Å². The first kappa shape index (κ1) is 13.8. The van der Waals surface area contributed by atoms with Gasteiger partial charge >= 0.3 is 5.69 Å². The lowest BCUT2D eigenvalue weighted by atomic mass is 9.77. The number of hydrogen-bond donors (Lipinski definition) is 1. The summed E-state index contributed by atoms with van der Waals surface area (Å²) in [5.74, 6) is 0.995. The maximum atomic E-state index is 10.8. The Morgan fingerprint density at radius 1 is 1.32 bits per heavy atom. The second-order valence-corrected chi connectivity index (χ2v) is 5.51. The lowest BCUT2D eigenvalue weighted by Gasteiger charge is -2.28. The highest BCUT2D eigenvalue weighted by molar-refractivity contribution is 5.48. The number of nitro benzene ring substituents is 1. The zero-order valence-corrected chi connectivity index (χ0v) is 11.3. The summed E-state index contributed by atoms with van der Waals surface area (Å²) < 4.78 is 0. The molecule has 19 heavy (non-hydrogen) atoms. The van der Waals surface area contributed by atoms with Gasteiger partial charge in [-0.05, 0) is 49.1 Å². The molecule has 0 amide bonds. The Morgan fingerprint density at radius 2 is 2.00 bits per heavy atom. The van der Waals surface area contributed by atoms with Crippen LogP contribution >= 0.6 is 0 Å². The highest BCUT2D eigenvalue weighted by Crippen LogP contribution is 2.39. The predicted octanol–water partition coefficient (Wildman–Crippen LogP) is 4.37. The standard InChI is InChI=1S/C15H21NO3/c1-2-3-11-4-6-12(7-5-11)13-8-9-15(17)14(10-13)16(18)19/h8-12,17H,2-7H2,1H3/t11-,12-. The van der Waals surface area contributed by atoms with Gasteiger partial charge in [-0.1, -0.05) is 25.8 Å². The van der Waals surface area contributed by atoms with Crippen LogP contribution in [0.3, 0.4) is 0 Å². The van der Waals surface area contributed by atoms with Crippen molar-refractivity contribution in [1.29, 1.82) is 0 Å². The van der Waals surface area contributed by atoms with Crippen molar-refractivity contribution < 1.29 is 10.0 Å². The molecule has 1 aliphatic rings. The van der Waals surface area contributed by atoms with E-state index in [0.717, 1.165) is 24.3 Å². The molecule has 1 aliphatic carbocycles. The average molecular weight is 263 g/mol. The van der Waals surface area contributed by atoms with Crippen molar-refractivity contribution in [1.82, 2.24) is 0 Å². The minimum atomic E-state index is -0.512. The Bertz CT molecular complexity index is 451. The Labute approximate surface area is 113 Å². The molecular formula is C15H21NO3. The molecule has 0 unspecified atom stereocenters. The minimum Gasteiger partial charge on any atom is -0.502 e. The smallest absolute Gasteiger partial charge is 0.310 e. The molecule has 0 atom stereocenters. The fourth-order valence-corrected chi connectivity index (χ4v) is 3.13. The third kappa shape index (κ3) is 3.25. The number of aromatic hydroxyl groups is 1. The van der Waals surface area contributed by atoms with Gasteiger partial charge in [0, 0.05) is 6.07 Å². The molecule has 4 heteroatoms. The van der Waals surface area contributed by atoms with Gasteiger partial charge in [0.2, 0.25) is 0 Å². The van der Waals surface area contributed by atoms with Crippen molar-refractivity contribution >= 4 is 5.69 Å². The third-order valence-corrected chi connectivity index (χ3v) is 4.21. The van der Waals surface area contributed by atoms with Crippen LogP contribution in [0.4, 0.5) is 5.69 Å². The van der Waals surface area contributed by atoms with Crippen molar-refractivity contribution in [2.75, 3.05) is 0 Å². The maximum absolute atomic E-state index is 10.8. The van der Waals surface area contributed by atoms with Crippen LogP contribution in [0.1, 0.15) is 56.9 Å². The summed E-state index contributed by atoms with van der Waals surface area (Å²) >= 11 is 0. The van der Waals surface area contributed by atoms with E-state index in [1.165, 1.54) is 31.7 Å². The normalized spacial score (nSPS) is 23.2. The highest BCUT2D eigenvalue weighted by Gasteiger charge is 2.24. The van der Waals surface area contributed by atoms with Crippen LogP contribution in [-0.2, 0) is 0 Å². The van der Waals surface area contributed by atoms with E-state index in [-0.39, 0.29) is 11.4 Å². The van der Waals surface area contributed by atoms with Crippen LogP contribution in [0.2, 0.25) is 0 Å². The largest absolute Gasteiger partial charge is 0.502 e. The summed E-state index contributed by atoms with van der Waals surface area (Å²) in [4.78, 5) is 10.3. The van der Waals surface area contributed by atoms with Gasteiger partial charge in [-0.15, -0.1) is 0 Å². The number of nitrogens with zero attached hydrogens (tertiary/aromatic N) is 1. The molecule has 4 nitrogen and oxygen atoms in total. The molecule has 0 spiro atoms. The van der Waals surface area contributed by atoms with Gasteiger partial charge < -0.3 is 5.11 Å². The van der Waals surface area contributed by atoms with E-state index in [2.05, 4.69) is 6.92 Å². The van der Waals surface area contributed by atoms with E-state index >= 15 is 0 Å². The Balaban J connectivity index is 2.07. The van der Waals surface area contributed by atoms with Crippen molar-refractivity contribution in [3.63, 3.8) is 0 Å². The third-order valence-electron chi connectivity index (χ3n) is 4.21. The molecule has 2 rings (SSSR count). The zero-order chi connectivity index (χ0) is 13.8. The van der Waals surface area contributed by atoms with Crippen molar-refractivity contribution in [2.45, 2.75) is 51.4 Å². The predicted molar refractivity (Wildman–Crippen MR) is 74.4 cm³/mol. The number of rotatable bonds is 4. The maximum Gasteiger partial charge on any atom is 0.310 e. The molecule has 0 bridgehead atoms. The molecule has 1 saturated carbocycles. The number of phenolic OH excluding ortho intramolecular Hbond substituents is 1. The summed E-state index contributed by atoms with van der Waals surface area (Å²) in [5, 5.41) is 20.3. The summed E-state index contributed by atoms with van der Waals surface area (Å²) in [6, 6.07) is 4.82. The molecule has 0 radical (unpaired) electrons. The minimum absolute atomic E-state index is 0.173. The second kappa shape index (κ2) is 6.04. The first-order valence-electron chi connectivity index (χ1n) is 7.09. The lowest BCUT2D eigenvalue weighted by Crippen LogP contribution is -2.13. The molecule has 1 aromatic carbocycles. The monoisotopic (exact) mass is 263 g/mol. The van der Waals surface area contributed by atoms with Gasteiger partial charge in [-0.25, -0.2) is 0 Å². The number of benzene rings is 1. The van der Waals surface area contributed by atoms with Crippen LogP contribution in [0.5, 0.6) is 5.75 Å². The SMILES string of the molecule is CCC[C@H]1CC[C@H](c2ccc(O)c([N+](=O)[O-])c2)CC1. The van der Waals surface area contributed by atoms with Gasteiger partial charge in [-0.2, -0.15) is 0 Å². The van der Waals surface area contributed by atoms with E-state index in [0.29, 0.717) is 5.92 Å². The lowest BCUT2D eigenvalue weighted by molar-refractivity contribution is -0.385. The number of nitro groups is 1. The molecule has 1 N–H and O–H groups in total. The van der Waals surface area contributed by atoms with Crippen LogP contribution in [0.25, 0.3) is 0 Å². The van der Waals surface area contributed by atoms with Gasteiger partial charge in [0.25, 0.3) is 0 Å². The fourth-order valence-electron chi connectivity index (χ4n) is 3.13. The number of phenols is 1. The topological polar surface area (TPSA) is 63.4 Å². The van der Waals surface area contributed by atoms with E-state index in [1.54, 1.807) is 6.07 Å². The Kier molecular flexibility index (Phi) is 4.40. The van der Waals surface area contributed by atoms with Crippen LogP contribution in [0.15, 0.2) is 18.2 Å². The molecule has 1 fully saturated rings. The highest BCUT2D eigenvalue weighted by atomic mass is 16.6. The summed E-state index contributed by atoms with van der Waals surface area (Å²) in [6.45, 7) is 2.22. The van der Waals surface area contributed by atoms with Crippen molar-refractivity contribution in [3.05, 3.63) is 33.9 Å². The van der Waals surface area contributed by atoms with Crippen LogP contribution < -0.4 is 0 Å². The quantitative estimate of drug-likeness (QED) is 0.647. The van der Waals surface area contributed by atoms with Gasteiger partial charge in [0.15, 0.2) is 5.75 Å². The molecule has 0 heterocycles. The van der Waals surface area contributed by atoms with Crippen LogP contribution in [0, 0.1) is 16.0 Å². The van der Waals surface area contributed by atoms with E-state index in [9.17, 15) is 15.2 Å². The molecule has 0 aliphatic heterocycles.